The normalized spacial score (nSPS) is 10.2. The van der Waals surface area contributed by atoms with E-state index in [1.807, 2.05) is 24.3 Å². The van der Waals surface area contributed by atoms with Crippen molar-refractivity contribution in [3.63, 3.8) is 0 Å². The number of halogens is 2. The van der Waals surface area contributed by atoms with Gasteiger partial charge in [0, 0.05) is 10.5 Å². The van der Waals surface area contributed by atoms with Crippen LogP contribution in [0.4, 0.5) is 5.69 Å². The summed E-state index contributed by atoms with van der Waals surface area (Å²) >= 11 is 6.50. The zero-order valence-corrected chi connectivity index (χ0v) is 12.8. The Morgan fingerprint density at radius 2 is 1.95 bits per heavy atom. The number of nitro benzene ring substituents is 1. The van der Waals surface area contributed by atoms with Gasteiger partial charge in [0.15, 0.2) is 0 Å². The van der Waals surface area contributed by atoms with E-state index in [2.05, 4.69) is 31.9 Å². The number of rotatable bonds is 4. The molecule has 19 heavy (non-hydrogen) atoms. The quantitative estimate of drug-likeness (QED) is 0.565. The molecule has 0 spiro atoms. The summed E-state index contributed by atoms with van der Waals surface area (Å²) < 4.78 is 6.96. The zero-order chi connectivity index (χ0) is 13.8. The lowest BCUT2D eigenvalue weighted by Crippen LogP contribution is -1.97. The molecule has 0 fully saturated rings. The molecule has 2 aromatic rings. The third-order valence-corrected chi connectivity index (χ3v) is 3.57. The van der Waals surface area contributed by atoms with Gasteiger partial charge in [-0.2, -0.15) is 0 Å². The molecule has 0 unspecified atom stereocenters. The molecule has 0 radical (unpaired) electrons. The Labute approximate surface area is 126 Å². The molecule has 98 valence electrons. The van der Waals surface area contributed by atoms with Gasteiger partial charge in [0.2, 0.25) is 0 Å². The molecule has 0 aliphatic rings. The maximum atomic E-state index is 10.8. The molecular weight excluding hydrogens is 378 g/mol. The van der Waals surface area contributed by atoms with Crippen LogP contribution in [0.3, 0.4) is 0 Å². The molecule has 0 saturated heterocycles. The summed E-state index contributed by atoms with van der Waals surface area (Å²) in [5, 5.41) is 10.8. The fourth-order valence-electron chi connectivity index (χ4n) is 1.51. The highest BCUT2D eigenvalue weighted by Gasteiger charge is 2.12. The molecule has 0 aliphatic heterocycles. The summed E-state index contributed by atoms with van der Waals surface area (Å²) in [5.74, 6) is 0.708. The molecule has 0 heterocycles. The third-order valence-electron chi connectivity index (χ3n) is 2.41. The summed E-state index contributed by atoms with van der Waals surface area (Å²) in [5.41, 5.74) is 0.783. The van der Waals surface area contributed by atoms with Gasteiger partial charge < -0.3 is 4.74 Å². The Morgan fingerprint density at radius 3 is 2.63 bits per heavy atom. The molecule has 0 bridgehead atoms. The van der Waals surface area contributed by atoms with Gasteiger partial charge in [-0.15, -0.1) is 0 Å². The Bertz CT molecular complexity index is 617. The first kappa shape index (κ1) is 14.0. The Morgan fingerprint density at radius 1 is 1.16 bits per heavy atom. The van der Waals surface area contributed by atoms with Crippen LogP contribution in [0.15, 0.2) is 51.4 Å². The van der Waals surface area contributed by atoms with Crippen molar-refractivity contribution in [2.45, 2.75) is 6.61 Å². The summed E-state index contributed by atoms with van der Waals surface area (Å²) in [6, 6.07) is 12.4. The van der Waals surface area contributed by atoms with Gasteiger partial charge in [-0.1, -0.05) is 28.1 Å². The molecule has 0 saturated carbocycles. The van der Waals surface area contributed by atoms with Crippen molar-refractivity contribution in [1.82, 2.24) is 0 Å². The molecule has 0 aliphatic carbocycles. The van der Waals surface area contributed by atoms with E-state index in [1.54, 1.807) is 12.1 Å². The predicted molar refractivity (Wildman–Crippen MR) is 79.3 cm³/mol. The van der Waals surface area contributed by atoms with Gasteiger partial charge in [-0.3, -0.25) is 10.1 Å². The van der Waals surface area contributed by atoms with Crippen molar-refractivity contribution in [3.05, 3.63) is 67.1 Å². The lowest BCUT2D eigenvalue weighted by molar-refractivity contribution is -0.385. The van der Waals surface area contributed by atoms with Crippen molar-refractivity contribution < 1.29 is 9.66 Å². The van der Waals surface area contributed by atoms with Crippen molar-refractivity contribution in [1.29, 1.82) is 0 Å². The van der Waals surface area contributed by atoms with Gasteiger partial charge in [-0.05, 0) is 45.8 Å². The minimum absolute atomic E-state index is 0.0374. The Hall–Kier alpha value is -1.40. The molecule has 6 heteroatoms. The van der Waals surface area contributed by atoms with Crippen LogP contribution in [-0.2, 0) is 6.61 Å². The summed E-state index contributed by atoms with van der Waals surface area (Å²) in [4.78, 5) is 10.4. The van der Waals surface area contributed by atoms with Crippen molar-refractivity contribution in [3.8, 4) is 5.75 Å². The smallest absolute Gasteiger partial charge is 0.283 e. The SMILES string of the molecule is O=[N+]([O-])c1cc(COc2cccc(Br)c2)ccc1Br. The maximum absolute atomic E-state index is 10.8. The first-order valence-electron chi connectivity index (χ1n) is 5.37. The van der Waals surface area contributed by atoms with E-state index in [0.29, 0.717) is 10.2 Å². The molecule has 2 rings (SSSR count). The zero-order valence-electron chi connectivity index (χ0n) is 9.68. The lowest BCUT2D eigenvalue weighted by Gasteiger charge is -2.07. The highest BCUT2D eigenvalue weighted by molar-refractivity contribution is 9.10. The van der Waals surface area contributed by atoms with E-state index in [1.165, 1.54) is 6.07 Å². The van der Waals surface area contributed by atoms with Crippen LogP contribution >= 0.6 is 31.9 Å². The minimum atomic E-state index is -0.424. The van der Waals surface area contributed by atoms with Crippen LogP contribution in [0.2, 0.25) is 0 Å². The second-order valence-electron chi connectivity index (χ2n) is 3.79. The summed E-state index contributed by atoms with van der Waals surface area (Å²) in [6.45, 7) is 0.282. The fraction of sp³-hybridized carbons (Fsp3) is 0.0769. The van der Waals surface area contributed by atoms with Gasteiger partial charge in [-0.25, -0.2) is 0 Å². The van der Waals surface area contributed by atoms with E-state index in [4.69, 9.17) is 4.74 Å². The highest BCUT2D eigenvalue weighted by atomic mass is 79.9. The summed E-state index contributed by atoms with van der Waals surface area (Å²) in [6.07, 6.45) is 0. The maximum Gasteiger partial charge on any atom is 0.283 e. The summed E-state index contributed by atoms with van der Waals surface area (Å²) in [7, 11) is 0. The topological polar surface area (TPSA) is 52.4 Å². The van der Waals surface area contributed by atoms with Crippen molar-refractivity contribution >= 4 is 37.5 Å². The first-order valence-corrected chi connectivity index (χ1v) is 6.96. The Kier molecular flexibility index (Phi) is 4.55. The number of ether oxygens (including phenoxy) is 1. The van der Waals surface area contributed by atoms with Gasteiger partial charge in [0.25, 0.3) is 5.69 Å². The van der Waals surface area contributed by atoms with Crippen molar-refractivity contribution in [2.24, 2.45) is 0 Å². The molecule has 0 N–H and O–H groups in total. The largest absolute Gasteiger partial charge is 0.489 e. The monoisotopic (exact) mass is 385 g/mol. The first-order chi connectivity index (χ1) is 9.06. The molecular formula is C13H9Br2NO3. The van der Waals surface area contributed by atoms with Gasteiger partial charge in [0.1, 0.15) is 12.4 Å². The standard InChI is InChI=1S/C13H9Br2NO3/c14-10-2-1-3-11(7-10)19-8-9-4-5-12(15)13(6-9)16(17)18/h1-7H,8H2. The van der Waals surface area contributed by atoms with E-state index in [0.717, 1.165) is 10.0 Å². The minimum Gasteiger partial charge on any atom is -0.489 e. The second-order valence-corrected chi connectivity index (χ2v) is 5.56. The van der Waals surface area contributed by atoms with E-state index in [9.17, 15) is 10.1 Å². The second kappa shape index (κ2) is 6.16. The highest BCUT2D eigenvalue weighted by Crippen LogP contribution is 2.26. The number of hydrogen-bond acceptors (Lipinski definition) is 3. The van der Waals surface area contributed by atoms with Crippen LogP contribution in [-0.4, -0.2) is 4.92 Å². The number of benzene rings is 2. The average molecular weight is 387 g/mol. The van der Waals surface area contributed by atoms with Crippen LogP contribution < -0.4 is 4.74 Å². The van der Waals surface area contributed by atoms with E-state index in [-0.39, 0.29) is 12.3 Å². The number of nitrogens with zero attached hydrogens (tertiary/aromatic N) is 1. The molecule has 2 aromatic carbocycles. The van der Waals surface area contributed by atoms with Crippen LogP contribution in [0.1, 0.15) is 5.56 Å². The van der Waals surface area contributed by atoms with Crippen LogP contribution in [0.25, 0.3) is 0 Å². The number of nitro groups is 1. The molecule has 0 atom stereocenters. The third kappa shape index (κ3) is 3.78. The lowest BCUT2D eigenvalue weighted by atomic mass is 10.2. The van der Waals surface area contributed by atoms with E-state index < -0.39 is 4.92 Å². The average Bonchev–Trinajstić information content (AvgIpc) is 2.37. The fourth-order valence-corrected chi connectivity index (χ4v) is 2.28. The van der Waals surface area contributed by atoms with Crippen molar-refractivity contribution in [2.75, 3.05) is 0 Å². The molecule has 0 amide bonds. The Balaban J connectivity index is 2.12. The van der Waals surface area contributed by atoms with Gasteiger partial charge >= 0.3 is 0 Å². The molecule has 4 nitrogen and oxygen atoms in total. The molecule has 0 aromatic heterocycles. The van der Waals surface area contributed by atoms with Crippen LogP contribution in [0, 0.1) is 10.1 Å². The van der Waals surface area contributed by atoms with Gasteiger partial charge in [0.05, 0.1) is 9.40 Å². The predicted octanol–water partition coefficient (Wildman–Crippen LogP) is 4.70. The van der Waals surface area contributed by atoms with E-state index >= 15 is 0 Å². The van der Waals surface area contributed by atoms with Crippen LogP contribution in [0.5, 0.6) is 5.75 Å². The number of hydrogen-bond donors (Lipinski definition) is 0.